The zero-order valence-electron chi connectivity index (χ0n) is 12.0. The molecule has 21 heavy (non-hydrogen) atoms. The van der Waals surface area contributed by atoms with E-state index in [-0.39, 0.29) is 11.3 Å². The average molecular weight is 319 g/mol. The van der Waals surface area contributed by atoms with Crippen LogP contribution in [-0.2, 0) is 11.3 Å². The fourth-order valence-corrected chi connectivity index (χ4v) is 4.72. The molecule has 0 saturated carbocycles. The summed E-state index contributed by atoms with van der Waals surface area (Å²) in [5, 5.41) is 0.141. The van der Waals surface area contributed by atoms with Crippen molar-refractivity contribution in [3.8, 4) is 5.75 Å². The number of hydrogen-bond acceptors (Lipinski definition) is 4. The Kier molecular flexibility index (Phi) is 4.22. The van der Waals surface area contributed by atoms with Gasteiger partial charge in [-0.3, -0.25) is 4.79 Å². The number of benzene rings is 1. The van der Waals surface area contributed by atoms with Crippen LogP contribution in [0.1, 0.15) is 20.7 Å². The van der Waals surface area contributed by atoms with Crippen LogP contribution in [0, 0.1) is 6.92 Å². The summed E-state index contributed by atoms with van der Waals surface area (Å²) in [7, 11) is 1.66. The SMILES string of the molecule is COc1cccc(CN2C(=O)CSC2c2ccc(C)s2)c1. The highest BCUT2D eigenvalue weighted by atomic mass is 32.2. The summed E-state index contributed by atoms with van der Waals surface area (Å²) >= 11 is 3.48. The minimum atomic E-state index is 0.141. The molecule has 1 aromatic heterocycles. The van der Waals surface area contributed by atoms with E-state index in [4.69, 9.17) is 4.74 Å². The Morgan fingerprint density at radius 1 is 1.33 bits per heavy atom. The Balaban J connectivity index is 1.82. The quantitative estimate of drug-likeness (QED) is 0.857. The van der Waals surface area contributed by atoms with E-state index >= 15 is 0 Å². The smallest absolute Gasteiger partial charge is 0.234 e. The summed E-state index contributed by atoms with van der Waals surface area (Å²) in [4.78, 5) is 16.7. The van der Waals surface area contributed by atoms with E-state index in [2.05, 4.69) is 19.1 Å². The molecule has 1 saturated heterocycles. The van der Waals surface area contributed by atoms with Gasteiger partial charge in [0, 0.05) is 16.3 Å². The van der Waals surface area contributed by atoms with Crippen molar-refractivity contribution in [2.24, 2.45) is 0 Å². The van der Waals surface area contributed by atoms with E-state index in [1.807, 2.05) is 29.2 Å². The molecule has 0 bridgehead atoms. The maximum atomic E-state index is 12.2. The van der Waals surface area contributed by atoms with Gasteiger partial charge in [0.2, 0.25) is 5.91 Å². The Hall–Kier alpha value is -1.46. The van der Waals surface area contributed by atoms with Crippen LogP contribution < -0.4 is 4.74 Å². The lowest BCUT2D eigenvalue weighted by Crippen LogP contribution is -2.27. The van der Waals surface area contributed by atoms with Crippen LogP contribution >= 0.6 is 23.1 Å². The van der Waals surface area contributed by atoms with E-state index in [1.165, 1.54) is 9.75 Å². The van der Waals surface area contributed by atoms with Crippen LogP contribution in [0.3, 0.4) is 0 Å². The van der Waals surface area contributed by atoms with E-state index in [0.29, 0.717) is 12.3 Å². The van der Waals surface area contributed by atoms with Gasteiger partial charge in [-0.05, 0) is 36.8 Å². The second kappa shape index (κ2) is 6.12. The van der Waals surface area contributed by atoms with Gasteiger partial charge in [0.1, 0.15) is 11.1 Å². The lowest BCUT2D eigenvalue weighted by Gasteiger charge is -2.23. The fraction of sp³-hybridized carbons (Fsp3) is 0.312. The molecule has 1 unspecified atom stereocenters. The van der Waals surface area contributed by atoms with E-state index < -0.39 is 0 Å². The zero-order chi connectivity index (χ0) is 14.8. The topological polar surface area (TPSA) is 29.5 Å². The van der Waals surface area contributed by atoms with E-state index in [9.17, 15) is 4.79 Å². The van der Waals surface area contributed by atoms with Crippen LogP contribution in [0.2, 0.25) is 0 Å². The molecule has 2 aromatic rings. The summed E-state index contributed by atoms with van der Waals surface area (Å²) in [5.41, 5.74) is 1.10. The van der Waals surface area contributed by atoms with Gasteiger partial charge in [-0.2, -0.15) is 0 Å². The number of aryl methyl sites for hydroxylation is 1. The van der Waals surface area contributed by atoms with Crippen molar-refractivity contribution >= 4 is 29.0 Å². The number of carbonyl (C=O) groups is 1. The summed E-state index contributed by atoms with van der Waals surface area (Å²) in [6.07, 6.45) is 0. The Bertz CT molecular complexity index is 653. The van der Waals surface area contributed by atoms with Gasteiger partial charge >= 0.3 is 0 Å². The first-order valence-electron chi connectivity index (χ1n) is 6.77. The lowest BCUT2D eigenvalue weighted by molar-refractivity contribution is -0.128. The number of ether oxygens (including phenoxy) is 1. The summed E-state index contributed by atoms with van der Waals surface area (Å²) in [6.45, 7) is 2.73. The first-order chi connectivity index (χ1) is 10.2. The lowest BCUT2D eigenvalue weighted by atomic mass is 10.2. The molecule has 1 aromatic carbocycles. The van der Waals surface area contributed by atoms with Gasteiger partial charge in [0.15, 0.2) is 0 Å². The van der Waals surface area contributed by atoms with Gasteiger partial charge in [0.05, 0.1) is 12.9 Å². The molecule has 0 aliphatic carbocycles. The molecule has 1 aliphatic heterocycles. The van der Waals surface area contributed by atoms with Crippen LogP contribution in [0.15, 0.2) is 36.4 Å². The molecule has 110 valence electrons. The van der Waals surface area contributed by atoms with Gasteiger partial charge in [-0.1, -0.05) is 12.1 Å². The van der Waals surface area contributed by atoms with Gasteiger partial charge in [-0.25, -0.2) is 0 Å². The number of methoxy groups -OCH3 is 1. The molecule has 1 amide bonds. The third-order valence-corrected chi connectivity index (χ3v) is 5.90. The Morgan fingerprint density at radius 3 is 2.90 bits per heavy atom. The molecular weight excluding hydrogens is 302 g/mol. The van der Waals surface area contributed by atoms with Crippen LogP contribution in [0.4, 0.5) is 0 Å². The maximum Gasteiger partial charge on any atom is 0.234 e. The van der Waals surface area contributed by atoms with Gasteiger partial charge in [0.25, 0.3) is 0 Å². The van der Waals surface area contributed by atoms with Crippen molar-refractivity contribution in [3.63, 3.8) is 0 Å². The standard InChI is InChI=1S/C16H17NO2S2/c1-11-6-7-14(21-11)16-17(15(18)10-20-16)9-12-4-3-5-13(8-12)19-2/h3-8,16H,9-10H2,1-2H3. The second-order valence-electron chi connectivity index (χ2n) is 4.98. The fourth-order valence-electron chi connectivity index (χ4n) is 2.41. The highest BCUT2D eigenvalue weighted by molar-refractivity contribution is 8.00. The van der Waals surface area contributed by atoms with Crippen LogP contribution in [0.5, 0.6) is 5.75 Å². The molecule has 5 heteroatoms. The third kappa shape index (κ3) is 3.09. The summed E-state index contributed by atoms with van der Waals surface area (Å²) < 4.78 is 5.25. The highest BCUT2D eigenvalue weighted by Gasteiger charge is 2.33. The van der Waals surface area contributed by atoms with Gasteiger partial charge in [-0.15, -0.1) is 23.1 Å². The Morgan fingerprint density at radius 2 is 2.19 bits per heavy atom. The normalized spacial score (nSPS) is 18.3. The molecule has 0 spiro atoms. The van der Waals surface area contributed by atoms with Crippen molar-refractivity contribution < 1.29 is 9.53 Å². The maximum absolute atomic E-state index is 12.2. The van der Waals surface area contributed by atoms with Crippen molar-refractivity contribution in [3.05, 3.63) is 51.7 Å². The van der Waals surface area contributed by atoms with Crippen molar-refractivity contribution in [1.82, 2.24) is 4.90 Å². The predicted octanol–water partition coefficient (Wildman–Crippen LogP) is 3.84. The number of nitrogens with zero attached hydrogens (tertiary/aromatic N) is 1. The molecule has 0 N–H and O–H groups in total. The van der Waals surface area contributed by atoms with Gasteiger partial charge < -0.3 is 9.64 Å². The molecule has 1 aliphatic rings. The third-order valence-electron chi connectivity index (χ3n) is 3.46. The highest BCUT2D eigenvalue weighted by Crippen LogP contribution is 2.42. The number of thiophene rings is 1. The number of carbonyl (C=O) groups excluding carboxylic acids is 1. The van der Waals surface area contributed by atoms with E-state index in [0.717, 1.165) is 11.3 Å². The van der Waals surface area contributed by atoms with Crippen molar-refractivity contribution in [1.29, 1.82) is 0 Å². The Labute approximate surface area is 132 Å². The molecule has 1 atom stereocenters. The first-order valence-corrected chi connectivity index (χ1v) is 8.64. The average Bonchev–Trinajstić information content (AvgIpc) is 3.06. The summed E-state index contributed by atoms with van der Waals surface area (Å²) in [6, 6.07) is 12.2. The molecule has 1 fully saturated rings. The molecule has 0 radical (unpaired) electrons. The molecular formula is C16H17NO2S2. The number of amides is 1. The molecule has 2 heterocycles. The predicted molar refractivity (Wildman–Crippen MR) is 87.8 cm³/mol. The summed E-state index contributed by atoms with van der Waals surface area (Å²) in [5.74, 6) is 1.60. The minimum Gasteiger partial charge on any atom is -0.497 e. The monoisotopic (exact) mass is 319 g/mol. The minimum absolute atomic E-state index is 0.141. The van der Waals surface area contributed by atoms with Crippen molar-refractivity contribution in [2.75, 3.05) is 12.9 Å². The first kappa shape index (κ1) is 14.5. The van der Waals surface area contributed by atoms with Crippen molar-refractivity contribution in [2.45, 2.75) is 18.8 Å². The molecule has 3 rings (SSSR count). The van der Waals surface area contributed by atoms with Crippen LogP contribution in [0.25, 0.3) is 0 Å². The largest absolute Gasteiger partial charge is 0.497 e. The van der Waals surface area contributed by atoms with Crippen LogP contribution in [-0.4, -0.2) is 23.7 Å². The number of hydrogen-bond donors (Lipinski definition) is 0. The van der Waals surface area contributed by atoms with E-state index in [1.54, 1.807) is 30.2 Å². The number of thioether (sulfide) groups is 1. The zero-order valence-corrected chi connectivity index (χ0v) is 13.7. The molecule has 3 nitrogen and oxygen atoms in total. The number of rotatable bonds is 4. The second-order valence-corrected chi connectivity index (χ2v) is 7.37.